The van der Waals surface area contributed by atoms with Crippen LogP contribution in [0.3, 0.4) is 0 Å². The molecule has 2 rings (SSSR count). The Balaban J connectivity index is 1.98. The first-order valence-electron chi connectivity index (χ1n) is 9.04. The van der Waals surface area contributed by atoms with Gasteiger partial charge >= 0.3 is 6.09 Å². The second kappa shape index (κ2) is 8.37. The van der Waals surface area contributed by atoms with Gasteiger partial charge in [0.1, 0.15) is 6.10 Å². The highest BCUT2D eigenvalue weighted by atomic mass is 79.9. The molecule has 0 aliphatic heterocycles. The van der Waals surface area contributed by atoms with E-state index in [-0.39, 0.29) is 23.7 Å². The number of nitrogens with one attached hydrogen (secondary N) is 1. The molecule has 0 saturated heterocycles. The summed E-state index contributed by atoms with van der Waals surface area (Å²) >= 11 is 3.48. The summed E-state index contributed by atoms with van der Waals surface area (Å²) in [5.74, 6) is 0.380. The predicted octanol–water partition coefficient (Wildman–Crippen LogP) is 6.03. The smallest absolute Gasteiger partial charge is 0.407 e. The van der Waals surface area contributed by atoms with Gasteiger partial charge in [-0.05, 0) is 42.4 Å². The Morgan fingerprint density at radius 2 is 1.96 bits per heavy atom. The van der Waals surface area contributed by atoms with Crippen molar-refractivity contribution in [2.45, 2.75) is 77.9 Å². The van der Waals surface area contributed by atoms with E-state index in [1.165, 1.54) is 5.56 Å². The summed E-state index contributed by atoms with van der Waals surface area (Å²) in [6, 6.07) is 8.60. The number of hydrogen-bond acceptors (Lipinski definition) is 2. The zero-order valence-corrected chi connectivity index (χ0v) is 16.9. The van der Waals surface area contributed by atoms with Crippen LogP contribution in [0, 0.1) is 5.41 Å². The lowest BCUT2D eigenvalue weighted by molar-refractivity contribution is 0.0238. The second-order valence-electron chi connectivity index (χ2n) is 7.89. The van der Waals surface area contributed by atoms with E-state index in [0.29, 0.717) is 5.92 Å². The Hall–Kier alpha value is -1.03. The van der Waals surface area contributed by atoms with Crippen LogP contribution in [0.5, 0.6) is 0 Å². The summed E-state index contributed by atoms with van der Waals surface area (Å²) in [5, 5.41) is 3.13. The third-order valence-electron chi connectivity index (χ3n) is 4.88. The molecule has 1 fully saturated rings. The molecular formula is C20H30BrNO2. The van der Waals surface area contributed by atoms with Crippen molar-refractivity contribution >= 4 is 22.0 Å². The van der Waals surface area contributed by atoms with Crippen molar-refractivity contribution in [3.05, 3.63) is 34.3 Å². The third kappa shape index (κ3) is 5.23. The van der Waals surface area contributed by atoms with E-state index in [4.69, 9.17) is 4.74 Å². The van der Waals surface area contributed by atoms with Gasteiger partial charge in [-0.25, -0.2) is 4.79 Å². The van der Waals surface area contributed by atoms with E-state index in [0.717, 1.165) is 36.6 Å². The largest absolute Gasteiger partial charge is 0.446 e. The molecular weight excluding hydrogens is 366 g/mol. The van der Waals surface area contributed by atoms with Gasteiger partial charge in [-0.15, -0.1) is 0 Å². The molecule has 24 heavy (non-hydrogen) atoms. The summed E-state index contributed by atoms with van der Waals surface area (Å²) in [6.07, 6.45) is 4.88. The van der Waals surface area contributed by atoms with Crippen molar-refractivity contribution in [3.8, 4) is 0 Å². The van der Waals surface area contributed by atoms with Crippen LogP contribution in [0.25, 0.3) is 0 Å². The number of amides is 1. The topological polar surface area (TPSA) is 38.3 Å². The van der Waals surface area contributed by atoms with Crippen LogP contribution < -0.4 is 5.32 Å². The molecule has 1 aliphatic carbocycles. The number of alkyl carbamates (subject to hydrolysis) is 1. The highest BCUT2D eigenvalue weighted by Gasteiger charge is 2.32. The van der Waals surface area contributed by atoms with Crippen LogP contribution in [0.1, 0.15) is 71.3 Å². The lowest BCUT2D eigenvalue weighted by atomic mass is 9.86. The van der Waals surface area contributed by atoms with E-state index in [1.54, 1.807) is 0 Å². The van der Waals surface area contributed by atoms with E-state index in [9.17, 15) is 4.79 Å². The van der Waals surface area contributed by atoms with E-state index in [1.807, 2.05) is 0 Å². The number of halogens is 1. The number of hydrogen-bond donors (Lipinski definition) is 1. The number of benzene rings is 1. The minimum atomic E-state index is -0.266. The number of rotatable bonds is 5. The van der Waals surface area contributed by atoms with Gasteiger partial charge in [-0.2, -0.15) is 0 Å². The van der Waals surface area contributed by atoms with Crippen LogP contribution in [0.4, 0.5) is 4.79 Å². The molecule has 1 saturated carbocycles. The average Bonchev–Trinajstić information content (AvgIpc) is 2.94. The van der Waals surface area contributed by atoms with Crippen LogP contribution in [-0.2, 0) is 4.74 Å². The maximum Gasteiger partial charge on any atom is 0.407 e. The van der Waals surface area contributed by atoms with Crippen LogP contribution in [0.15, 0.2) is 28.7 Å². The van der Waals surface area contributed by atoms with Crippen molar-refractivity contribution in [1.82, 2.24) is 5.32 Å². The second-order valence-corrected chi connectivity index (χ2v) is 8.80. The van der Waals surface area contributed by atoms with Crippen molar-refractivity contribution < 1.29 is 9.53 Å². The van der Waals surface area contributed by atoms with Gasteiger partial charge in [0, 0.05) is 16.4 Å². The fraction of sp³-hybridized carbons (Fsp3) is 0.650. The van der Waals surface area contributed by atoms with Gasteiger partial charge in [0.05, 0.1) is 0 Å². The first-order valence-corrected chi connectivity index (χ1v) is 9.83. The highest BCUT2D eigenvalue weighted by Crippen LogP contribution is 2.35. The molecule has 0 aromatic heterocycles. The first-order chi connectivity index (χ1) is 11.3. The molecule has 4 heteroatoms. The summed E-state index contributed by atoms with van der Waals surface area (Å²) in [4.78, 5) is 12.4. The Morgan fingerprint density at radius 3 is 2.54 bits per heavy atom. The third-order valence-corrected chi connectivity index (χ3v) is 5.41. The molecule has 1 aromatic carbocycles. The SMILES string of the molecule is CCCC(OC(=O)NC1CCCC1c1ccc(Br)cc1)C(C)(C)C. The fourth-order valence-electron chi connectivity index (χ4n) is 3.49. The first kappa shape index (κ1) is 19.3. The summed E-state index contributed by atoms with van der Waals surface area (Å²) in [5.41, 5.74) is 1.26. The molecule has 0 bridgehead atoms. The number of carbonyl (C=O) groups excluding carboxylic acids is 1. The van der Waals surface area contributed by atoms with Crippen LogP contribution in [0.2, 0.25) is 0 Å². The van der Waals surface area contributed by atoms with E-state index >= 15 is 0 Å². The molecule has 1 aromatic rings. The maximum absolute atomic E-state index is 12.4. The lowest BCUT2D eigenvalue weighted by Gasteiger charge is -2.31. The van der Waals surface area contributed by atoms with Gasteiger partial charge in [-0.1, -0.05) is 68.6 Å². The van der Waals surface area contributed by atoms with Gasteiger partial charge in [0.15, 0.2) is 0 Å². The summed E-state index contributed by atoms with van der Waals surface area (Å²) in [7, 11) is 0. The Morgan fingerprint density at radius 1 is 1.29 bits per heavy atom. The van der Waals surface area contributed by atoms with Gasteiger partial charge in [-0.3, -0.25) is 0 Å². The average molecular weight is 396 g/mol. The number of ether oxygens (including phenoxy) is 1. The molecule has 3 nitrogen and oxygen atoms in total. The van der Waals surface area contributed by atoms with E-state index < -0.39 is 0 Å². The molecule has 0 spiro atoms. The van der Waals surface area contributed by atoms with Gasteiger partial charge < -0.3 is 10.1 Å². The quantitative estimate of drug-likeness (QED) is 0.660. The van der Waals surface area contributed by atoms with Gasteiger partial charge in [0.25, 0.3) is 0 Å². The van der Waals surface area contributed by atoms with Crippen LogP contribution >= 0.6 is 15.9 Å². The summed E-state index contributed by atoms with van der Waals surface area (Å²) in [6.45, 7) is 8.50. The molecule has 1 N–H and O–H groups in total. The number of carbonyl (C=O) groups is 1. The summed E-state index contributed by atoms with van der Waals surface area (Å²) < 4.78 is 6.85. The Bertz CT molecular complexity index is 536. The van der Waals surface area contributed by atoms with Crippen molar-refractivity contribution in [2.75, 3.05) is 0 Å². The minimum absolute atomic E-state index is 0.0336. The molecule has 0 radical (unpaired) electrons. The lowest BCUT2D eigenvalue weighted by Crippen LogP contribution is -2.41. The molecule has 3 unspecified atom stereocenters. The Labute approximate surface area is 154 Å². The zero-order valence-electron chi connectivity index (χ0n) is 15.3. The van der Waals surface area contributed by atoms with Crippen molar-refractivity contribution in [1.29, 1.82) is 0 Å². The highest BCUT2D eigenvalue weighted by molar-refractivity contribution is 9.10. The molecule has 1 aliphatic rings. The monoisotopic (exact) mass is 395 g/mol. The molecule has 3 atom stereocenters. The standard InChI is InChI=1S/C20H30BrNO2/c1-5-7-18(20(2,3)4)24-19(23)22-17-9-6-8-16(17)14-10-12-15(21)13-11-14/h10-13,16-18H,5-9H2,1-4H3,(H,22,23). The van der Waals surface area contributed by atoms with Crippen molar-refractivity contribution in [2.24, 2.45) is 5.41 Å². The zero-order chi connectivity index (χ0) is 17.7. The minimum Gasteiger partial charge on any atom is -0.446 e. The normalized spacial score (nSPS) is 22.2. The van der Waals surface area contributed by atoms with Gasteiger partial charge in [0.2, 0.25) is 0 Å². The van der Waals surface area contributed by atoms with Crippen molar-refractivity contribution in [3.63, 3.8) is 0 Å². The Kier molecular flexibility index (Phi) is 6.73. The van der Waals surface area contributed by atoms with Crippen LogP contribution in [-0.4, -0.2) is 18.2 Å². The van der Waals surface area contributed by atoms with E-state index in [2.05, 4.69) is 73.2 Å². The molecule has 1 amide bonds. The maximum atomic E-state index is 12.4. The molecule has 134 valence electrons. The molecule has 0 heterocycles. The predicted molar refractivity (Wildman–Crippen MR) is 102 cm³/mol. The fourth-order valence-corrected chi connectivity index (χ4v) is 3.75.